The van der Waals surface area contributed by atoms with Gasteiger partial charge >= 0.3 is 0 Å². The maximum Gasteiger partial charge on any atom is 0.225 e. The number of nitrogens with two attached hydrogens (primary N) is 1. The number of thiocarbonyl (C=S) groups is 1. The Labute approximate surface area is 95.5 Å². The molecule has 1 aromatic rings. The number of anilines is 1. The predicted octanol–water partition coefficient (Wildman–Crippen LogP) is 1.21. The molecule has 5 heteroatoms. The van der Waals surface area contributed by atoms with Crippen molar-refractivity contribution in [2.24, 2.45) is 5.73 Å². The van der Waals surface area contributed by atoms with Crippen LogP contribution in [0.25, 0.3) is 0 Å². The quantitative estimate of drug-likeness (QED) is 0.779. The summed E-state index contributed by atoms with van der Waals surface area (Å²) >= 11 is 4.83. The molecule has 0 aliphatic heterocycles. The highest BCUT2D eigenvalue weighted by Crippen LogP contribution is 2.08. The molecule has 0 radical (unpaired) electrons. The number of aryl methyl sites for hydroxylation is 2. The van der Waals surface area contributed by atoms with Gasteiger partial charge in [0.25, 0.3) is 0 Å². The molecular formula is C10H16N4S. The van der Waals surface area contributed by atoms with Gasteiger partial charge in [0.2, 0.25) is 5.95 Å². The molecule has 0 aliphatic carbocycles. The summed E-state index contributed by atoms with van der Waals surface area (Å²) in [5.74, 6) is 0.726. The lowest BCUT2D eigenvalue weighted by molar-refractivity contribution is 0.855. The molecule has 82 valence electrons. The Kier molecular flexibility index (Phi) is 3.96. The first-order valence-electron chi connectivity index (χ1n) is 4.81. The standard InChI is InChI=1S/C10H16N4S/c1-7-6-8(2)13-10(12-7)14(3)5-4-9(11)15/h6H,4-5H2,1-3H3,(H2,11,15). The molecule has 1 heterocycles. The minimum absolute atomic E-state index is 0.520. The molecule has 0 aliphatic rings. The number of aromatic nitrogens is 2. The largest absolute Gasteiger partial charge is 0.393 e. The highest BCUT2D eigenvalue weighted by atomic mass is 32.1. The molecule has 1 aromatic heterocycles. The fraction of sp³-hybridized carbons (Fsp3) is 0.500. The van der Waals surface area contributed by atoms with Crippen LogP contribution in [0, 0.1) is 13.8 Å². The number of rotatable bonds is 4. The minimum atomic E-state index is 0.520. The fourth-order valence-corrected chi connectivity index (χ4v) is 1.35. The van der Waals surface area contributed by atoms with Crippen LogP contribution in [0.3, 0.4) is 0 Å². The summed E-state index contributed by atoms with van der Waals surface area (Å²) in [5, 5.41) is 0. The number of hydrogen-bond donors (Lipinski definition) is 1. The maximum atomic E-state index is 5.44. The Balaban J connectivity index is 2.72. The van der Waals surface area contributed by atoms with Crippen molar-refractivity contribution in [2.75, 3.05) is 18.5 Å². The third-order valence-corrected chi connectivity index (χ3v) is 2.21. The molecule has 0 bridgehead atoms. The van der Waals surface area contributed by atoms with Crippen LogP contribution in [0.1, 0.15) is 17.8 Å². The van der Waals surface area contributed by atoms with Gasteiger partial charge in [0.15, 0.2) is 0 Å². The zero-order chi connectivity index (χ0) is 11.4. The smallest absolute Gasteiger partial charge is 0.225 e. The minimum Gasteiger partial charge on any atom is -0.393 e. The van der Waals surface area contributed by atoms with E-state index in [0.717, 1.165) is 23.9 Å². The Morgan fingerprint density at radius 2 is 1.93 bits per heavy atom. The molecule has 0 aromatic carbocycles. The predicted molar refractivity (Wildman–Crippen MR) is 66.2 cm³/mol. The van der Waals surface area contributed by atoms with Crippen molar-refractivity contribution in [1.82, 2.24) is 9.97 Å². The van der Waals surface area contributed by atoms with E-state index in [1.807, 2.05) is 31.9 Å². The average Bonchev–Trinajstić information content (AvgIpc) is 2.12. The van der Waals surface area contributed by atoms with Gasteiger partial charge in [-0.2, -0.15) is 0 Å². The highest BCUT2D eigenvalue weighted by molar-refractivity contribution is 7.80. The van der Waals surface area contributed by atoms with E-state index in [9.17, 15) is 0 Å². The second-order valence-corrected chi connectivity index (χ2v) is 4.11. The van der Waals surface area contributed by atoms with Crippen LogP contribution < -0.4 is 10.6 Å². The van der Waals surface area contributed by atoms with Gasteiger partial charge in [0, 0.05) is 31.4 Å². The molecule has 1 rings (SSSR count). The summed E-state index contributed by atoms with van der Waals surface area (Å²) < 4.78 is 0. The van der Waals surface area contributed by atoms with Crippen molar-refractivity contribution >= 4 is 23.2 Å². The molecule has 15 heavy (non-hydrogen) atoms. The third kappa shape index (κ3) is 3.79. The van der Waals surface area contributed by atoms with E-state index in [1.54, 1.807) is 0 Å². The Bertz CT molecular complexity index is 344. The SMILES string of the molecule is Cc1cc(C)nc(N(C)CCC(N)=S)n1. The molecule has 0 saturated carbocycles. The fourth-order valence-electron chi connectivity index (χ4n) is 1.26. The summed E-state index contributed by atoms with van der Waals surface area (Å²) in [4.78, 5) is 11.2. The van der Waals surface area contributed by atoms with E-state index in [0.29, 0.717) is 11.4 Å². The van der Waals surface area contributed by atoms with Crippen LogP contribution >= 0.6 is 12.2 Å². The first-order chi connectivity index (χ1) is 6.99. The van der Waals surface area contributed by atoms with E-state index in [-0.39, 0.29) is 0 Å². The van der Waals surface area contributed by atoms with Crippen LogP contribution in [0.5, 0.6) is 0 Å². The summed E-state index contributed by atoms with van der Waals surface area (Å²) in [5.41, 5.74) is 7.39. The number of nitrogens with zero attached hydrogens (tertiary/aromatic N) is 3. The molecular weight excluding hydrogens is 208 g/mol. The van der Waals surface area contributed by atoms with Gasteiger partial charge in [-0.05, 0) is 19.9 Å². The maximum absolute atomic E-state index is 5.44. The lowest BCUT2D eigenvalue weighted by atomic mass is 10.3. The zero-order valence-electron chi connectivity index (χ0n) is 9.32. The molecule has 2 N–H and O–H groups in total. The van der Waals surface area contributed by atoms with Crippen molar-refractivity contribution in [1.29, 1.82) is 0 Å². The second kappa shape index (κ2) is 5.02. The van der Waals surface area contributed by atoms with E-state index < -0.39 is 0 Å². The van der Waals surface area contributed by atoms with Gasteiger partial charge in [0.05, 0.1) is 4.99 Å². The van der Waals surface area contributed by atoms with Crippen molar-refractivity contribution in [3.05, 3.63) is 17.5 Å². The first-order valence-corrected chi connectivity index (χ1v) is 5.21. The van der Waals surface area contributed by atoms with Crippen molar-refractivity contribution < 1.29 is 0 Å². The van der Waals surface area contributed by atoms with Crippen LogP contribution in [0.2, 0.25) is 0 Å². The first kappa shape index (κ1) is 11.8. The van der Waals surface area contributed by atoms with Crippen molar-refractivity contribution in [2.45, 2.75) is 20.3 Å². The van der Waals surface area contributed by atoms with Gasteiger partial charge < -0.3 is 10.6 Å². The highest BCUT2D eigenvalue weighted by Gasteiger charge is 2.05. The topological polar surface area (TPSA) is 55.0 Å². The van der Waals surface area contributed by atoms with E-state index in [2.05, 4.69) is 9.97 Å². The molecule has 0 saturated heterocycles. The van der Waals surface area contributed by atoms with E-state index >= 15 is 0 Å². The average molecular weight is 224 g/mol. The third-order valence-electron chi connectivity index (χ3n) is 2.01. The molecule has 0 amide bonds. The van der Waals surface area contributed by atoms with Crippen LogP contribution in [0.15, 0.2) is 6.07 Å². The van der Waals surface area contributed by atoms with Gasteiger partial charge in [-0.1, -0.05) is 12.2 Å². The Morgan fingerprint density at radius 3 is 2.40 bits per heavy atom. The van der Waals surface area contributed by atoms with Crippen molar-refractivity contribution in [3.8, 4) is 0 Å². The normalized spacial score (nSPS) is 10.1. The molecule has 0 fully saturated rings. The summed E-state index contributed by atoms with van der Waals surface area (Å²) in [6.45, 7) is 4.66. The van der Waals surface area contributed by atoms with Gasteiger partial charge in [-0.3, -0.25) is 0 Å². The van der Waals surface area contributed by atoms with E-state index in [1.165, 1.54) is 0 Å². The Morgan fingerprint density at radius 1 is 1.40 bits per heavy atom. The number of hydrogen-bond acceptors (Lipinski definition) is 4. The second-order valence-electron chi connectivity index (χ2n) is 3.59. The zero-order valence-corrected chi connectivity index (χ0v) is 10.1. The van der Waals surface area contributed by atoms with Crippen LogP contribution in [0.4, 0.5) is 5.95 Å². The lowest BCUT2D eigenvalue weighted by Crippen LogP contribution is -2.25. The Hall–Kier alpha value is -1.23. The summed E-state index contributed by atoms with van der Waals surface area (Å²) in [6.07, 6.45) is 0.683. The molecule has 4 nitrogen and oxygen atoms in total. The molecule has 0 spiro atoms. The molecule has 0 atom stereocenters. The van der Waals surface area contributed by atoms with Crippen LogP contribution in [-0.2, 0) is 0 Å². The van der Waals surface area contributed by atoms with Crippen molar-refractivity contribution in [3.63, 3.8) is 0 Å². The van der Waals surface area contributed by atoms with Gasteiger partial charge in [0.1, 0.15) is 0 Å². The monoisotopic (exact) mass is 224 g/mol. The summed E-state index contributed by atoms with van der Waals surface area (Å²) in [6, 6.07) is 1.95. The molecule has 0 unspecified atom stereocenters. The summed E-state index contributed by atoms with van der Waals surface area (Å²) in [7, 11) is 1.94. The van der Waals surface area contributed by atoms with Gasteiger partial charge in [-0.25, -0.2) is 9.97 Å². The van der Waals surface area contributed by atoms with E-state index in [4.69, 9.17) is 18.0 Å². The van der Waals surface area contributed by atoms with Crippen LogP contribution in [-0.4, -0.2) is 28.5 Å². The van der Waals surface area contributed by atoms with Gasteiger partial charge in [-0.15, -0.1) is 0 Å². The lowest BCUT2D eigenvalue weighted by Gasteiger charge is -2.17.